The topological polar surface area (TPSA) is 76.1 Å². The maximum Gasteiger partial charge on any atom is 0.331 e. The highest BCUT2D eigenvalue weighted by molar-refractivity contribution is 5.78. The van der Waals surface area contributed by atoms with Crippen LogP contribution >= 0.6 is 0 Å². The van der Waals surface area contributed by atoms with Gasteiger partial charge in [-0.2, -0.15) is 0 Å². The molecule has 6 heteroatoms. The van der Waals surface area contributed by atoms with Gasteiger partial charge in [0.1, 0.15) is 0 Å². The van der Waals surface area contributed by atoms with Crippen LogP contribution in [0.4, 0.5) is 0 Å². The minimum atomic E-state index is -1.08. The Balaban J connectivity index is 2.39. The zero-order valence-electron chi connectivity index (χ0n) is 10.7. The third-order valence-electron chi connectivity index (χ3n) is 2.96. The number of ether oxygens (including phenoxy) is 2. The summed E-state index contributed by atoms with van der Waals surface area (Å²) in [5.74, 6) is -0.00638. The lowest BCUT2D eigenvalue weighted by atomic mass is 10.0. The summed E-state index contributed by atoms with van der Waals surface area (Å²) in [4.78, 5) is 23.8. The summed E-state index contributed by atoms with van der Waals surface area (Å²) in [6, 6.07) is 3.62. The maximum atomic E-state index is 11.4. The molecule has 19 heavy (non-hydrogen) atoms. The van der Waals surface area contributed by atoms with Crippen molar-refractivity contribution in [2.45, 2.75) is 25.9 Å². The van der Waals surface area contributed by atoms with Crippen molar-refractivity contribution in [3.8, 4) is 11.5 Å². The van der Waals surface area contributed by atoms with E-state index in [1.165, 1.54) is 4.90 Å². The van der Waals surface area contributed by atoms with Crippen LogP contribution in [0.2, 0.25) is 0 Å². The Morgan fingerprint density at radius 1 is 1.37 bits per heavy atom. The summed E-state index contributed by atoms with van der Waals surface area (Å²) >= 11 is 0. The molecule has 1 aliphatic rings. The molecule has 0 saturated carbocycles. The number of nitrogens with zero attached hydrogens (tertiary/aromatic N) is 1. The van der Waals surface area contributed by atoms with Gasteiger partial charge in [0.2, 0.25) is 13.2 Å². The van der Waals surface area contributed by atoms with Crippen LogP contribution in [0.1, 0.15) is 25.5 Å². The molecule has 0 saturated heterocycles. The summed E-state index contributed by atoms with van der Waals surface area (Å²) < 4.78 is 10.4. The number of carbonyl (C=O) groups excluding carboxylic acids is 1. The van der Waals surface area contributed by atoms with Crippen molar-refractivity contribution in [1.82, 2.24) is 4.90 Å². The lowest BCUT2D eigenvalue weighted by Crippen LogP contribution is -2.38. The van der Waals surface area contributed by atoms with Crippen LogP contribution < -0.4 is 9.47 Å². The second kappa shape index (κ2) is 5.17. The van der Waals surface area contributed by atoms with E-state index in [0.717, 1.165) is 0 Å². The van der Waals surface area contributed by atoms with Crippen molar-refractivity contribution in [3.05, 3.63) is 23.8 Å². The third kappa shape index (κ3) is 2.47. The summed E-state index contributed by atoms with van der Waals surface area (Å²) in [6.07, 6.45) is 0.550. The van der Waals surface area contributed by atoms with Crippen LogP contribution in [-0.4, -0.2) is 35.2 Å². The smallest absolute Gasteiger partial charge is 0.331 e. The van der Waals surface area contributed by atoms with Crippen molar-refractivity contribution in [2.75, 3.05) is 6.79 Å². The van der Waals surface area contributed by atoms with Gasteiger partial charge in [0, 0.05) is 6.04 Å². The van der Waals surface area contributed by atoms with Crippen LogP contribution in [-0.2, 0) is 9.59 Å². The number of fused-ring (bicyclic) bond motifs is 1. The summed E-state index contributed by atoms with van der Waals surface area (Å²) in [5, 5.41) is 9.35. The number of rotatable bonds is 5. The SMILES string of the molecule is CC(C)N(C=O)C(C(=O)O)c1ccc2c(c1)OCO2. The highest BCUT2D eigenvalue weighted by Crippen LogP contribution is 2.35. The molecule has 1 unspecified atom stereocenters. The van der Waals surface area contributed by atoms with Crippen LogP contribution in [0.15, 0.2) is 18.2 Å². The molecule has 2 rings (SSSR count). The zero-order valence-corrected chi connectivity index (χ0v) is 10.7. The van der Waals surface area contributed by atoms with Gasteiger partial charge >= 0.3 is 5.97 Å². The lowest BCUT2D eigenvalue weighted by molar-refractivity contribution is -0.148. The first-order chi connectivity index (χ1) is 9.04. The molecule has 1 aromatic rings. The molecule has 0 fully saturated rings. The van der Waals surface area contributed by atoms with E-state index < -0.39 is 12.0 Å². The number of aliphatic carboxylic acids is 1. The fraction of sp³-hybridized carbons (Fsp3) is 0.385. The first-order valence-corrected chi connectivity index (χ1v) is 5.89. The molecule has 0 spiro atoms. The fourth-order valence-corrected chi connectivity index (χ4v) is 2.01. The first kappa shape index (κ1) is 13.2. The zero-order chi connectivity index (χ0) is 14.0. The highest BCUT2D eigenvalue weighted by atomic mass is 16.7. The molecule has 1 heterocycles. The monoisotopic (exact) mass is 265 g/mol. The van der Waals surface area contributed by atoms with Crippen LogP contribution in [0.25, 0.3) is 0 Å². The van der Waals surface area contributed by atoms with Crippen molar-refractivity contribution in [1.29, 1.82) is 0 Å². The van der Waals surface area contributed by atoms with E-state index in [-0.39, 0.29) is 12.8 Å². The Labute approximate surface area is 110 Å². The van der Waals surface area contributed by atoms with Gasteiger partial charge in [-0.05, 0) is 31.5 Å². The van der Waals surface area contributed by atoms with E-state index in [9.17, 15) is 14.7 Å². The molecule has 1 amide bonds. The first-order valence-electron chi connectivity index (χ1n) is 5.89. The molecule has 1 aliphatic heterocycles. The van der Waals surface area contributed by atoms with Crippen LogP contribution in [0.3, 0.4) is 0 Å². The minimum Gasteiger partial charge on any atom is -0.479 e. The second-order valence-electron chi connectivity index (χ2n) is 4.50. The molecule has 0 radical (unpaired) electrons. The lowest BCUT2D eigenvalue weighted by Gasteiger charge is -2.28. The Bertz CT molecular complexity index is 500. The average molecular weight is 265 g/mol. The van der Waals surface area contributed by atoms with Gasteiger partial charge in [-0.3, -0.25) is 4.79 Å². The van der Waals surface area contributed by atoms with E-state index in [0.29, 0.717) is 23.5 Å². The molecule has 0 aromatic heterocycles. The third-order valence-corrected chi connectivity index (χ3v) is 2.96. The molecule has 102 valence electrons. The number of carbonyl (C=O) groups is 2. The van der Waals surface area contributed by atoms with Gasteiger partial charge in [0.15, 0.2) is 17.5 Å². The van der Waals surface area contributed by atoms with Crippen molar-refractivity contribution < 1.29 is 24.2 Å². The predicted octanol–water partition coefficient (Wildman–Crippen LogP) is 1.41. The van der Waals surface area contributed by atoms with E-state index in [2.05, 4.69) is 0 Å². The van der Waals surface area contributed by atoms with Gasteiger partial charge in [-0.1, -0.05) is 6.07 Å². The Hall–Kier alpha value is -2.24. The highest BCUT2D eigenvalue weighted by Gasteiger charge is 2.29. The molecule has 0 bridgehead atoms. The van der Waals surface area contributed by atoms with E-state index in [1.807, 2.05) is 0 Å². The van der Waals surface area contributed by atoms with Gasteiger partial charge in [0.25, 0.3) is 0 Å². The van der Waals surface area contributed by atoms with Crippen LogP contribution in [0.5, 0.6) is 11.5 Å². The minimum absolute atomic E-state index is 0.123. The quantitative estimate of drug-likeness (QED) is 0.814. The van der Waals surface area contributed by atoms with Crippen molar-refractivity contribution in [3.63, 3.8) is 0 Å². The predicted molar refractivity (Wildman–Crippen MR) is 66.0 cm³/mol. The molecular weight excluding hydrogens is 250 g/mol. The Kier molecular flexibility index (Phi) is 3.59. The molecular formula is C13H15NO5. The normalized spacial score (nSPS) is 14.3. The molecule has 1 aromatic carbocycles. The number of carboxylic acid groups (broad SMARTS) is 1. The number of hydrogen-bond donors (Lipinski definition) is 1. The maximum absolute atomic E-state index is 11.4. The number of benzene rings is 1. The van der Waals surface area contributed by atoms with Crippen LogP contribution in [0, 0.1) is 0 Å². The van der Waals surface area contributed by atoms with Gasteiger partial charge in [0.05, 0.1) is 0 Å². The second-order valence-corrected chi connectivity index (χ2v) is 4.50. The molecule has 6 nitrogen and oxygen atoms in total. The molecule has 1 atom stereocenters. The van der Waals surface area contributed by atoms with Crippen molar-refractivity contribution in [2.24, 2.45) is 0 Å². The molecule has 0 aliphatic carbocycles. The van der Waals surface area contributed by atoms with Crippen molar-refractivity contribution >= 4 is 12.4 Å². The van der Waals surface area contributed by atoms with Gasteiger partial charge in [-0.25, -0.2) is 4.79 Å². The Morgan fingerprint density at radius 2 is 2.05 bits per heavy atom. The fourth-order valence-electron chi connectivity index (χ4n) is 2.01. The van der Waals surface area contributed by atoms with E-state index in [4.69, 9.17) is 9.47 Å². The van der Waals surface area contributed by atoms with E-state index in [1.54, 1.807) is 32.0 Å². The number of carboxylic acids is 1. The largest absolute Gasteiger partial charge is 0.479 e. The Morgan fingerprint density at radius 3 is 2.63 bits per heavy atom. The number of hydrogen-bond acceptors (Lipinski definition) is 4. The summed E-state index contributed by atoms with van der Waals surface area (Å²) in [5.41, 5.74) is 0.484. The molecule has 1 N–H and O–H groups in total. The number of amides is 1. The summed E-state index contributed by atoms with van der Waals surface area (Å²) in [6.45, 7) is 3.65. The van der Waals surface area contributed by atoms with Gasteiger partial charge < -0.3 is 19.5 Å². The average Bonchev–Trinajstić information content (AvgIpc) is 2.81. The van der Waals surface area contributed by atoms with E-state index >= 15 is 0 Å². The standard InChI is InChI=1S/C13H15NO5/c1-8(2)14(6-15)12(13(16)17)9-3-4-10-11(5-9)19-7-18-10/h3-6,8,12H,7H2,1-2H3,(H,16,17). The summed E-state index contributed by atoms with van der Waals surface area (Å²) in [7, 11) is 0. The van der Waals surface area contributed by atoms with Gasteiger partial charge in [-0.15, -0.1) is 0 Å².